The van der Waals surface area contributed by atoms with Gasteiger partial charge in [-0.2, -0.15) is 0 Å². The number of hydrogen-bond donors (Lipinski definition) is 1. The van der Waals surface area contributed by atoms with E-state index < -0.39 is 0 Å². The fourth-order valence-corrected chi connectivity index (χ4v) is 2.45. The fraction of sp³-hybridized carbons (Fsp3) is 0.615. The molecule has 0 amide bonds. The van der Waals surface area contributed by atoms with E-state index in [-0.39, 0.29) is 5.56 Å². The van der Waals surface area contributed by atoms with Crippen LogP contribution in [0.5, 0.6) is 0 Å². The van der Waals surface area contributed by atoms with Crippen LogP contribution in [0, 0.1) is 5.92 Å². The van der Waals surface area contributed by atoms with Crippen LogP contribution in [0.3, 0.4) is 0 Å². The standard InChI is InChI=1S/C13H19NO/c1-9(2)7-10-8-13(15)14-12-6-4-3-5-11(10)12/h8-9H,3-7H2,1-2H3,(H,14,15). The third-order valence-electron chi connectivity index (χ3n) is 3.06. The van der Waals surface area contributed by atoms with Gasteiger partial charge in [0.15, 0.2) is 0 Å². The summed E-state index contributed by atoms with van der Waals surface area (Å²) in [7, 11) is 0. The maximum absolute atomic E-state index is 11.5. The Kier molecular flexibility index (Phi) is 2.94. The van der Waals surface area contributed by atoms with Crippen molar-refractivity contribution in [3.8, 4) is 0 Å². The summed E-state index contributed by atoms with van der Waals surface area (Å²) in [6, 6.07) is 1.80. The lowest BCUT2D eigenvalue weighted by molar-refractivity contribution is 0.616. The van der Waals surface area contributed by atoms with Gasteiger partial charge >= 0.3 is 0 Å². The Morgan fingerprint density at radius 2 is 2.07 bits per heavy atom. The van der Waals surface area contributed by atoms with Crippen molar-refractivity contribution in [2.24, 2.45) is 5.92 Å². The summed E-state index contributed by atoms with van der Waals surface area (Å²) in [6.45, 7) is 4.41. The Labute approximate surface area is 90.7 Å². The highest BCUT2D eigenvalue weighted by atomic mass is 16.1. The zero-order valence-electron chi connectivity index (χ0n) is 9.60. The van der Waals surface area contributed by atoms with Crippen molar-refractivity contribution in [3.63, 3.8) is 0 Å². The Morgan fingerprint density at radius 1 is 1.33 bits per heavy atom. The van der Waals surface area contributed by atoms with E-state index in [1.54, 1.807) is 6.07 Å². The largest absolute Gasteiger partial charge is 0.326 e. The average molecular weight is 205 g/mol. The molecule has 15 heavy (non-hydrogen) atoms. The minimum Gasteiger partial charge on any atom is -0.326 e. The molecule has 2 nitrogen and oxygen atoms in total. The molecule has 0 atom stereocenters. The first kappa shape index (κ1) is 10.5. The third kappa shape index (κ3) is 2.31. The van der Waals surface area contributed by atoms with Gasteiger partial charge in [-0.15, -0.1) is 0 Å². The van der Waals surface area contributed by atoms with E-state index in [0.717, 1.165) is 19.3 Å². The summed E-state index contributed by atoms with van der Waals surface area (Å²) in [5, 5.41) is 0. The first-order valence-electron chi connectivity index (χ1n) is 5.91. The summed E-state index contributed by atoms with van der Waals surface area (Å²) < 4.78 is 0. The van der Waals surface area contributed by atoms with Crippen LogP contribution in [0.1, 0.15) is 43.5 Å². The second-order valence-corrected chi connectivity index (χ2v) is 4.92. The molecule has 0 fully saturated rings. The minimum atomic E-state index is 0.0753. The fourth-order valence-electron chi connectivity index (χ4n) is 2.45. The Balaban J connectivity index is 2.43. The minimum absolute atomic E-state index is 0.0753. The molecule has 1 aliphatic carbocycles. The normalized spacial score (nSPS) is 15.4. The van der Waals surface area contributed by atoms with Crippen LogP contribution < -0.4 is 5.56 Å². The van der Waals surface area contributed by atoms with Gasteiger partial charge in [-0.1, -0.05) is 13.8 Å². The molecule has 82 valence electrons. The predicted molar refractivity (Wildman–Crippen MR) is 62.2 cm³/mol. The topological polar surface area (TPSA) is 32.9 Å². The summed E-state index contributed by atoms with van der Waals surface area (Å²) in [4.78, 5) is 14.5. The van der Waals surface area contributed by atoms with Crippen molar-refractivity contribution < 1.29 is 0 Å². The highest BCUT2D eigenvalue weighted by Crippen LogP contribution is 2.23. The van der Waals surface area contributed by atoms with E-state index in [4.69, 9.17) is 0 Å². The molecule has 0 aromatic carbocycles. The molecule has 1 aromatic heterocycles. The van der Waals surface area contributed by atoms with Gasteiger partial charge < -0.3 is 4.98 Å². The van der Waals surface area contributed by atoms with Gasteiger partial charge in [-0.3, -0.25) is 4.79 Å². The average Bonchev–Trinajstić information content (AvgIpc) is 2.16. The van der Waals surface area contributed by atoms with Gasteiger partial charge in [0.25, 0.3) is 0 Å². The third-order valence-corrected chi connectivity index (χ3v) is 3.06. The lowest BCUT2D eigenvalue weighted by Crippen LogP contribution is -2.18. The first-order valence-corrected chi connectivity index (χ1v) is 5.91. The van der Waals surface area contributed by atoms with Crippen molar-refractivity contribution in [2.75, 3.05) is 0 Å². The molecule has 0 radical (unpaired) electrons. The van der Waals surface area contributed by atoms with Gasteiger partial charge in [-0.05, 0) is 49.1 Å². The maximum atomic E-state index is 11.5. The number of fused-ring (bicyclic) bond motifs is 1. The monoisotopic (exact) mass is 205 g/mol. The molecule has 1 aromatic rings. The molecule has 0 unspecified atom stereocenters. The van der Waals surface area contributed by atoms with Crippen LogP contribution in [-0.4, -0.2) is 4.98 Å². The Morgan fingerprint density at radius 3 is 2.80 bits per heavy atom. The Hall–Kier alpha value is -1.05. The number of aromatic nitrogens is 1. The molecule has 0 bridgehead atoms. The maximum Gasteiger partial charge on any atom is 0.248 e. The van der Waals surface area contributed by atoms with E-state index in [1.807, 2.05) is 0 Å². The van der Waals surface area contributed by atoms with Gasteiger partial charge in [0, 0.05) is 11.8 Å². The van der Waals surface area contributed by atoms with Crippen LogP contribution in [-0.2, 0) is 19.3 Å². The SMILES string of the molecule is CC(C)Cc1cc(=O)[nH]c2c1CCCC2. The molecule has 0 saturated heterocycles. The summed E-state index contributed by atoms with van der Waals surface area (Å²) in [5.74, 6) is 0.623. The van der Waals surface area contributed by atoms with Gasteiger partial charge in [-0.25, -0.2) is 0 Å². The number of pyridine rings is 1. The van der Waals surface area contributed by atoms with Crippen molar-refractivity contribution in [1.82, 2.24) is 4.98 Å². The summed E-state index contributed by atoms with van der Waals surface area (Å²) in [5.41, 5.74) is 3.98. The van der Waals surface area contributed by atoms with Crippen LogP contribution in [0.4, 0.5) is 0 Å². The van der Waals surface area contributed by atoms with Crippen LogP contribution in [0.15, 0.2) is 10.9 Å². The smallest absolute Gasteiger partial charge is 0.248 e. The molecule has 1 heterocycles. The van der Waals surface area contributed by atoms with E-state index in [1.165, 1.54) is 29.7 Å². The van der Waals surface area contributed by atoms with Crippen LogP contribution in [0.25, 0.3) is 0 Å². The lowest BCUT2D eigenvalue weighted by Gasteiger charge is -2.19. The van der Waals surface area contributed by atoms with Crippen molar-refractivity contribution in [2.45, 2.75) is 46.0 Å². The van der Waals surface area contributed by atoms with E-state index in [9.17, 15) is 4.79 Å². The molecule has 0 spiro atoms. The lowest BCUT2D eigenvalue weighted by atomic mass is 9.89. The number of aromatic amines is 1. The first-order chi connectivity index (χ1) is 7.16. The molecule has 0 saturated carbocycles. The number of aryl methyl sites for hydroxylation is 1. The molecule has 0 aliphatic heterocycles. The number of rotatable bonds is 2. The van der Waals surface area contributed by atoms with Crippen molar-refractivity contribution in [1.29, 1.82) is 0 Å². The number of hydrogen-bond acceptors (Lipinski definition) is 1. The molecule has 2 heteroatoms. The van der Waals surface area contributed by atoms with E-state index in [0.29, 0.717) is 5.92 Å². The molecule has 1 aliphatic rings. The second kappa shape index (κ2) is 4.21. The zero-order chi connectivity index (χ0) is 10.8. The van der Waals surface area contributed by atoms with Crippen molar-refractivity contribution in [3.05, 3.63) is 33.2 Å². The van der Waals surface area contributed by atoms with E-state index >= 15 is 0 Å². The molecule has 1 N–H and O–H groups in total. The Bertz CT molecular complexity index is 403. The van der Waals surface area contributed by atoms with Crippen LogP contribution >= 0.6 is 0 Å². The molecular formula is C13H19NO. The van der Waals surface area contributed by atoms with Crippen LogP contribution in [0.2, 0.25) is 0 Å². The summed E-state index contributed by atoms with van der Waals surface area (Å²) >= 11 is 0. The highest BCUT2D eigenvalue weighted by Gasteiger charge is 2.15. The van der Waals surface area contributed by atoms with Gasteiger partial charge in [0.05, 0.1) is 0 Å². The number of nitrogens with one attached hydrogen (secondary N) is 1. The quantitative estimate of drug-likeness (QED) is 0.790. The number of H-pyrrole nitrogens is 1. The van der Waals surface area contributed by atoms with Gasteiger partial charge in [0.2, 0.25) is 5.56 Å². The highest BCUT2D eigenvalue weighted by molar-refractivity contribution is 5.32. The molecule has 2 rings (SSSR count). The summed E-state index contributed by atoms with van der Waals surface area (Å²) in [6.07, 6.45) is 5.72. The predicted octanol–water partition coefficient (Wildman–Crippen LogP) is 2.45. The van der Waals surface area contributed by atoms with E-state index in [2.05, 4.69) is 18.8 Å². The second-order valence-electron chi connectivity index (χ2n) is 4.92. The van der Waals surface area contributed by atoms with Gasteiger partial charge in [0.1, 0.15) is 0 Å². The van der Waals surface area contributed by atoms with Crippen molar-refractivity contribution >= 4 is 0 Å². The zero-order valence-corrected chi connectivity index (χ0v) is 9.60. The molecular weight excluding hydrogens is 186 g/mol.